The zero-order valence-electron chi connectivity index (χ0n) is 11.2. The maximum Gasteiger partial charge on any atom is 0.160 e. The lowest BCUT2D eigenvalue weighted by Crippen LogP contribution is -2.55. The van der Waals surface area contributed by atoms with Crippen LogP contribution in [0.4, 0.5) is 0 Å². The molecular formula is C12H20N4O2. The second-order valence-electron chi connectivity index (χ2n) is 5.06. The van der Waals surface area contributed by atoms with E-state index in [0.29, 0.717) is 25.5 Å². The van der Waals surface area contributed by atoms with Gasteiger partial charge in [-0.3, -0.25) is 14.4 Å². The van der Waals surface area contributed by atoms with Gasteiger partial charge in [0.1, 0.15) is 12.2 Å². The zero-order valence-corrected chi connectivity index (χ0v) is 11.2. The third kappa shape index (κ3) is 2.59. The van der Waals surface area contributed by atoms with Crippen molar-refractivity contribution < 1.29 is 9.53 Å². The predicted molar refractivity (Wildman–Crippen MR) is 66.2 cm³/mol. The van der Waals surface area contributed by atoms with Crippen LogP contribution < -0.4 is 0 Å². The van der Waals surface area contributed by atoms with E-state index in [1.54, 1.807) is 11.7 Å². The first-order valence-electron chi connectivity index (χ1n) is 6.21. The lowest BCUT2D eigenvalue weighted by Gasteiger charge is -2.39. The topological polar surface area (TPSA) is 60.2 Å². The van der Waals surface area contributed by atoms with Gasteiger partial charge < -0.3 is 4.74 Å². The molecule has 0 bridgehead atoms. The average Bonchev–Trinajstić information content (AvgIpc) is 2.76. The van der Waals surface area contributed by atoms with Crippen molar-refractivity contribution in [2.24, 2.45) is 7.05 Å². The summed E-state index contributed by atoms with van der Waals surface area (Å²) >= 11 is 0. The van der Waals surface area contributed by atoms with Crippen LogP contribution in [0.1, 0.15) is 19.7 Å². The number of hydrogen-bond acceptors (Lipinski definition) is 5. The van der Waals surface area contributed by atoms with Crippen LogP contribution in [0.15, 0.2) is 6.33 Å². The van der Waals surface area contributed by atoms with Gasteiger partial charge in [0.25, 0.3) is 0 Å². The summed E-state index contributed by atoms with van der Waals surface area (Å²) in [6.07, 6.45) is 1.80. The van der Waals surface area contributed by atoms with Crippen molar-refractivity contribution in [1.29, 1.82) is 0 Å². The van der Waals surface area contributed by atoms with Crippen LogP contribution in [0.5, 0.6) is 0 Å². The molecule has 1 fully saturated rings. The number of morpholine rings is 1. The van der Waals surface area contributed by atoms with Crippen LogP contribution in [0.2, 0.25) is 0 Å². The van der Waals surface area contributed by atoms with Crippen LogP contribution in [-0.2, 0) is 23.0 Å². The molecular weight excluding hydrogens is 232 g/mol. The van der Waals surface area contributed by atoms with Gasteiger partial charge in [0.05, 0.1) is 25.2 Å². The normalized spacial score (nSPS) is 17.9. The Morgan fingerprint density at radius 2 is 2.11 bits per heavy atom. The van der Waals surface area contributed by atoms with Gasteiger partial charge in [-0.25, -0.2) is 4.98 Å². The molecule has 2 rings (SSSR count). The predicted octanol–water partition coefficient (Wildman–Crippen LogP) is 0.0375. The lowest BCUT2D eigenvalue weighted by atomic mass is 9.93. The summed E-state index contributed by atoms with van der Waals surface area (Å²) in [5.41, 5.74) is -0.476. The van der Waals surface area contributed by atoms with Gasteiger partial charge >= 0.3 is 0 Å². The fourth-order valence-corrected chi connectivity index (χ4v) is 2.14. The van der Waals surface area contributed by atoms with E-state index < -0.39 is 5.54 Å². The Hall–Kier alpha value is -1.27. The molecule has 0 radical (unpaired) electrons. The quantitative estimate of drug-likeness (QED) is 0.757. The fourth-order valence-electron chi connectivity index (χ4n) is 2.14. The lowest BCUT2D eigenvalue weighted by molar-refractivity contribution is -0.131. The number of ether oxygens (including phenoxy) is 1. The van der Waals surface area contributed by atoms with Gasteiger partial charge in [0, 0.05) is 20.1 Å². The molecule has 1 saturated heterocycles. The summed E-state index contributed by atoms with van der Waals surface area (Å²) in [6.45, 7) is 6.94. The highest BCUT2D eigenvalue weighted by molar-refractivity contribution is 5.88. The molecule has 0 aliphatic carbocycles. The van der Waals surface area contributed by atoms with E-state index in [2.05, 4.69) is 15.0 Å². The van der Waals surface area contributed by atoms with Crippen LogP contribution in [0.25, 0.3) is 0 Å². The highest BCUT2D eigenvalue weighted by atomic mass is 16.5. The van der Waals surface area contributed by atoms with Crippen molar-refractivity contribution >= 4 is 5.78 Å². The van der Waals surface area contributed by atoms with Crippen LogP contribution in [-0.4, -0.2) is 57.3 Å². The van der Waals surface area contributed by atoms with E-state index in [4.69, 9.17) is 4.74 Å². The van der Waals surface area contributed by atoms with E-state index in [0.717, 1.165) is 13.1 Å². The fraction of sp³-hybridized carbons (Fsp3) is 0.750. The van der Waals surface area contributed by atoms with E-state index >= 15 is 0 Å². The van der Waals surface area contributed by atoms with Gasteiger partial charge in [-0.05, 0) is 13.8 Å². The molecule has 1 aromatic rings. The van der Waals surface area contributed by atoms with Crippen molar-refractivity contribution in [3.05, 3.63) is 12.2 Å². The molecule has 1 aromatic heterocycles. The molecule has 0 atom stereocenters. The Kier molecular flexibility index (Phi) is 3.77. The van der Waals surface area contributed by atoms with E-state index in [-0.39, 0.29) is 5.78 Å². The molecule has 6 heteroatoms. The van der Waals surface area contributed by atoms with Crippen molar-refractivity contribution in [2.75, 3.05) is 26.3 Å². The molecule has 0 amide bonds. The molecule has 1 aliphatic heterocycles. The number of rotatable bonds is 4. The molecule has 18 heavy (non-hydrogen) atoms. The number of nitrogens with zero attached hydrogens (tertiary/aromatic N) is 4. The minimum absolute atomic E-state index is 0.167. The Bertz CT molecular complexity index is 421. The van der Waals surface area contributed by atoms with Crippen LogP contribution in [0, 0.1) is 0 Å². The smallest absolute Gasteiger partial charge is 0.160 e. The summed E-state index contributed by atoms with van der Waals surface area (Å²) in [7, 11) is 1.80. The Labute approximate surface area is 107 Å². The molecule has 100 valence electrons. The summed E-state index contributed by atoms with van der Waals surface area (Å²) in [6, 6.07) is 0. The SMILES string of the molecule is Cn1ncnc1CC(=O)C(C)(C)N1CCOCC1. The maximum absolute atomic E-state index is 12.4. The van der Waals surface area contributed by atoms with Crippen LogP contribution >= 0.6 is 0 Å². The first-order valence-corrected chi connectivity index (χ1v) is 6.21. The standard InChI is InChI=1S/C12H20N4O2/c1-12(2,16-4-6-18-7-5-16)10(17)8-11-13-9-14-15(11)3/h9H,4-8H2,1-3H3. The minimum Gasteiger partial charge on any atom is -0.379 e. The molecule has 0 unspecified atom stereocenters. The van der Waals surface area contributed by atoms with Gasteiger partial charge in [-0.1, -0.05) is 0 Å². The number of ketones is 1. The molecule has 2 heterocycles. The van der Waals surface area contributed by atoms with E-state index in [1.165, 1.54) is 6.33 Å². The third-order valence-corrected chi connectivity index (χ3v) is 3.61. The molecule has 0 N–H and O–H groups in total. The highest BCUT2D eigenvalue weighted by Gasteiger charge is 2.35. The summed E-state index contributed by atoms with van der Waals surface area (Å²) in [5.74, 6) is 0.877. The Morgan fingerprint density at radius 3 is 2.67 bits per heavy atom. The summed E-state index contributed by atoms with van der Waals surface area (Å²) < 4.78 is 6.97. The summed E-state index contributed by atoms with van der Waals surface area (Å²) in [4.78, 5) is 18.7. The average molecular weight is 252 g/mol. The Balaban J connectivity index is 2.04. The van der Waals surface area contributed by atoms with Gasteiger partial charge in [0.2, 0.25) is 0 Å². The Morgan fingerprint density at radius 1 is 1.44 bits per heavy atom. The van der Waals surface area contributed by atoms with E-state index in [1.807, 2.05) is 13.8 Å². The van der Waals surface area contributed by atoms with Crippen molar-refractivity contribution in [3.63, 3.8) is 0 Å². The van der Waals surface area contributed by atoms with Crippen molar-refractivity contribution in [1.82, 2.24) is 19.7 Å². The highest BCUT2D eigenvalue weighted by Crippen LogP contribution is 2.19. The molecule has 0 spiro atoms. The number of aromatic nitrogens is 3. The largest absolute Gasteiger partial charge is 0.379 e. The second kappa shape index (κ2) is 5.16. The monoisotopic (exact) mass is 252 g/mol. The zero-order chi connectivity index (χ0) is 13.2. The number of hydrogen-bond donors (Lipinski definition) is 0. The summed E-state index contributed by atoms with van der Waals surface area (Å²) in [5, 5.41) is 3.98. The van der Waals surface area contributed by atoms with Gasteiger partial charge in [-0.2, -0.15) is 5.10 Å². The van der Waals surface area contributed by atoms with Crippen molar-refractivity contribution in [2.45, 2.75) is 25.8 Å². The number of carbonyl (C=O) groups excluding carboxylic acids is 1. The van der Waals surface area contributed by atoms with Gasteiger partial charge in [-0.15, -0.1) is 0 Å². The minimum atomic E-state index is -0.476. The van der Waals surface area contributed by atoms with E-state index in [9.17, 15) is 4.79 Å². The first-order chi connectivity index (χ1) is 8.51. The number of Topliss-reactive ketones (excluding diaryl/α,β-unsaturated/α-hetero) is 1. The first kappa shape index (κ1) is 13.2. The molecule has 1 aliphatic rings. The second-order valence-corrected chi connectivity index (χ2v) is 5.06. The third-order valence-electron chi connectivity index (χ3n) is 3.61. The van der Waals surface area contributed by atoms with Gasteiger partial charge in [0.15, 0.2) is 5.78 Å². The maximum atomic E-state index is 12.4. The molecule has 0 saturated carbocycles. The molecule has 0 aromatic carbocycles. The molecule has 6 nitrogen and oxygen atoms in total. The number of carbonyl (C=O) groups is 1. The van der Waals surface area contributed by atoms with Crippen molar-refractivity contribution in [3.8, 4) is 0 Å². The number of aryl methyl sites for hydroxylation is 1. The van der Waals surface area contributed by atoms with Crippen LogP contribution in [0.3, 0.4) is 0 Å².